The molecule has 0 aromatic heterocycles. The molecule has 164 valence electrons. The molecule has 0 aliphatic heterocycles. The monoisotopic (exact) mass is 400 g/mol. The molecule has 0 fully saturated rings. The van der Waals surface area contributed by atoms with Gasteiger partial charge in [0.2, 0.25) is 0 Å². The van der Waals surface area contributed by atoms with Gasteiger partial charge in [0.15, 0.2) is 5.78 Å². The van der Waals surface area contributed by atoms with Gasteiger partial charge in [0, 0.05) is 18.4 Å². The van der Waals surface area contributed by atoms with E-state index in [9.17, 15) is 9.59 Å². The normalized spacial score (nSPS) is 11.0. The summed E-state index contributed by atoms with van der Waals surface area (Å²) >= 11 is 0. The van der Waals surface area contributed by atoms with E-state index in [1.807, 2.05) is 31.2 Å². The van der Waals surface area contributed by atoms with Crippen LogP contribution in [0.4, 0.5) is 0 Å². The largest absolute Gasteiger partial charge is 0.300 e. The zero-order valence-electron chi connectivity index (χ0n) is 19.1. The highest BCUT2D eigenvalue weighted by Crippen LogP contribution is 2.15. The molecule has 0 atom stereocenters. The molecule has 0 aliphatic rings. The quantitative estimate of drug-likeness (QED) is 0.172. The summed E-state index contributed by atoms with van der Waals surface area (Å²) in [6, 6.07) is 7.95. The van der Waals surface area contributed by atoms with Crippen molar-refractivity contribution in [2.24, 2.45) is 0 Å². The molecular weight excluding hydrogens is 356 g/mol. The third-order valence-electron chi connectivity index (χ3n) is 5.77. The van der Waals surface area contributed by atoms with Crippen LogP contribution in [0, 0.1) is 6.92 Å². The second kappa shape index (κ2) is 17.4. The highest BCUT2D eigenvalue weighted by atomic mass is 16.1. The Labute approximate surface area is 179 Å². The van der Waals surface area contributed by atoms with E-state index in [0.29, 0.717) is 18.0 Å². The molecule has 2 heteroatoms. The second-order valence-electron chi connectivity index (χ2n) is 8.80. The van der Waals surface area contributed by atoms with Gasteiger partial charge in [-0.15, -0.1) is 0 Å². The lowest BCUT2D eigenvalue weighted by Gasteiger charge is -2.04. The smallest absolute Gasteiger partial charge is 0.162 e. The number of carbonyl (C=O) groups is 2. The topological polar surface area (TPSA) is 34.1 Å². The lowest BCUT2D eigenvalue weighted by molar-refractivity contribution is -0.117. The molecule has 0 saturated carbocycles. The number of unbranched alkanes of at least 4 members (excludes halogenated alkanes) is 14. The summed E-state index contributed by atoms with van der Waals surface area (Å²) in [4.78, 5) is 23.0. The van der Waals surface area contributed by atoms with Crippen molar-refractivity contribution in [3.63, 3.8) is 0 Å². The summed E-state index contributed by atoms with van der Waals surface area (Å²) in [5.74, 6) is 0.628. The molecule has 0 heterocycles. The third kappa shape index (κ3) is 15.1. The van der Waals surface area contributed by atoms with Crippen molar-refractivity contribution in [3.05, 3.63) is 35.4 Å². The first-order valence-corrected chi connectivity index (χ1v) is 12.2. The fraction of sp³-hybridized carbons (Fsp3) is 0.704. The van der Waals surface area contributed by atoms with Crippen molar-refractivity contribution >= 4 is 11.6 Å². The molecule has 0 N–H and O–H groups in total. The Hall–Kier alpha value is -1.44. The number of carbonyl (C=O) groups excluding carboxylic acids is 2. The summed E-state index contributed by atoms with van der Waals surface area (Å²) < 4.78 is 0. The van der Waals surface area contributed by atoms with Crippen LogP contribution in [0.1, 0.15) is 132 Å². The van der Waals surface area contributed by atoms with Crippen LogP contribution in [0.3, 0.4) is 0 Å². The second-order valence-corrected chi connectivity index (χ2v) is 8.80. The minimum absolute atomic E-state index is 0.296. The first-order chi connectivity index (χ1) is 14.1. The van der Waals surface area contributed by atoms with Crippen molar-refractivity contribution in [2.45, 2.75) is 123 Å². The van der Waals surface area contributed by atoms with Crippen LogP contribution >= 0.6 is 0 Å². The Morgan fingerprint density at radius 3 is 1.45 bits per heavy atom. The predicted molar refractivity (Wildman–Crippen MR) is 125 cm³/mol. The van der Waals surface area contributed by atoms with Crippen LogP contribution in [-0.2, 0) is 4.79 Å². The molecule has 0 amide bonds. The van der Waals surface area contributed by atoms with Gasteiger partial charge in [-0.3, -0.25) is 4.79 Å². The number of aryl methyl sites for hydroxylation is 1. The number of hydrogen-bond donors (Lipinski definition) is 0. The van der Waals surface area contributed by atoms with Gasteiger partial charge in [-0.25, -0.2) is 0 Å². The van der Waals surface area contributed by atoms with Gasteiger partial charge in [0.25, 0.3) is 0 Å². The SMILES string of the molecule is CC(=O)CCCCCCCCCCCCCCCCCC(=O)c1cccc(C)c1. The van der Waals surface area contributed by atoms with Crippen molar-refractivity contribution in [1.29, 1.82) is 0 Å². The maximum absolute atomic E-state index is 12.2. The van der Waals surface area contributed by atoms with Crippen molar-refractivity contribution in [3.8, 4) is 0 Å². The molecule has 0 unspecified atom stereocenters. The van der Waals surface area contributed by atoms with E-state index in [2.05, 4.69) is 0 Å². The Balaban J connectivity index is 1.79. The summed E-state index contributed by atoms with van der Waals surface area (Å²) in [7, 11) is 0. The predicted octanol–water partition coefficient (Wildman–Crippen LogP) is 8.40. The van der Waals surface area contributed by atoms with Crippen LogP contribution in [0.25, 0.3) is 0 Å². The first-order valence-electron chi connectivity index (χ1n) is 12.2. The molecule has 1 aromatic rings. The molecular formula is C27H44O2. The number of hydrogen-bond acceptors (Lipinski definition) is 2. The number of ketones is 2. The minimum Gasteiger partial charge on any atom is -0.300 e. The highest BCUT2D eigenvalue weighted by molar-refractivity contribution is 5.96. The summed E-state index contributed by atoms with van der Waals surface area (Å²) in [5, 5.41) is 0. The third-order valence-corrected chi connectivity index (χ3v) is 5.77. The summed E-state index contributed by atoms with van der Waals surface area (Å²) in [6.45, 7) is 3.73. The summed E-state index contributed by atoms with van der Waals surface area (Å²) in [5.41, 5.74) is 2.04. The fourth-order valence-corrected chi connectivity index (χ4v) is 3.92. The molecule has 0 bridgehead atoms. The number of benzene rings is 1. The van der Waals surface area contributed by atoms with E-state index in [4.69, 9.17) is 0 Å². The van der Waals surface area contributed by atoms with E-state index in [-0.39, 0.29) is 0 Å². The average Bonchev–Trinajstić information content (AvgIpc) is 2.70. The zero-order chi connectivity index (χ0) is 21.2. The maximum Gasteiger partial charge on any atom is 0.162 e. The molecule has 1 rings (SSSR count). The molecule has 0 spiro atoms. The van der Waals surface area contributed by atoms with E-state index in [1.165, 1.54) is 83.5 Å². The van der Waals surface area contributed by atoms with Crippen LogP contribution in [-0.4, -0.2) is 11.6 Å². The Bertz CT molecular complexity index is 561. The molecule has 0 radical (unpaired) electrons. The van der Waals surface area contributed by atoms with Crippen LogP contribution in [0.15, 0.2) is 24.3 Å². The summed E-state index contributed by atoms with van der Waals surface area (Å²) in [6.07, 6.45) is 20.8. The number of rotatable bonds is 19. The zero-order valence-corrected chi connectivity index (χ0v) is 19.1. The molecule has 2 nitrogen and oxygen atoms in total. The lowest BCUT2D eigenvalue weighted by Crippen LogP contribution is -1.99. The molecule has 1 aromatic carbocycles. The van der Waals surface area contributed by atoms with E-state index < -0.39 is 0 Å². The Morgan fingerprint density at radius 1 is 0.621 bits per heavy atom. The van der Waals surface area contributed by atoms with Gasteiger partial charge in [-0.1, -0.05) is 107 Å². The average molecular weight is 401 g/mol. The molecule has 29 heavy (non-hydrogen) atoms. The van der Waals surface area contributed by atoms with Crippen LogP contribution in [0.2, 0.25) is 0 Å². The van der Waals surface area contributed by atoms with E-state index in [1.54, 1.807) is 6.92 Å². The van der Waals surface area contributed by atoms with Gasteiger partial charge in [0.05, 0.1) is 0 Å². The van der Waals surface area contributed by atoms with Crippen LogP contribution in [0.5, 0.6) is 0 Å². The Kier molecular flexibility index (Phi) is 15.4. The first kappa shape index (κ1) is 25.6. The van der Waals surface area contributed by atoms with Gasteiger partial charge < -0.3 is 4.79 Å². The number of Topliss-reactive ketones (excluding diaryl/α,β-unsaturated/α-hetero) is 2. The fourth-order valence-electron chi connectivity index (χ4n) is 3.92. The molecule has 0 aliphatic carbocycles. The standard InChI is InChI=1S/C27H44O2/c1-24-19-18-21-26(23-24)27(29)22-17-15-13-11-9-7-5-3-4-6-8-10-12-14-16-20-25(2)28/h18-19,21,23H,3-17,20,22H2,1-2H3. The highest BCUT2D eigenvalue weighted by Gasteiger charge is 2.05. The van der Waals surface area contributed by atoms with Crippen molar-refractivity contribution in [2.75, 3.05) is 0 Å². The van der Waals surface area contributed by atoms with Gasteiger partial charge in [0.1, 0.15) is 5.78 Å². The lowest BCUT2D eigenvalue weighted by atomic mass is 10.0. The van der Waals surface area contributed by atoms with E-state index in [0.717, 1.165) is 30.4 Å². The van der Waals surface area contributed by atoms with Crippen LogP contribution < -0.4 is 0 Å². The van der Waals surface area contributed by atoms with E-state index >= 15 is 0 Å². The maximum atomic E-state index is 12.2. The Morgan fingerprint density at radius 2 is 1.03 bits per heavy atom. The van der Waals surface area contributed by atoms with Crippen molar-refractivity contribution < 1.29 is 9.59 Å². The van der Waals surface area contributed by atoms with Gasteiger partial charge >= 0.3 is 0 Å². The van der Waals surface area contributed by atoms with Gasteiger partial charge in [-0.05, 0) is 32.8 Å². The minimum atomic E-state index is 0.296. The molecule has 0 saturated heterocycles. The van der Waals surface area contributed by atoms with Gasteiger partial charge in [-0.2, -0.15) is 0 Å². The van der Waals surface area contributed by atoms with Crippen molar-refractivity contribution in [1.82, 2.24) is 0 Å².